The molecule has 1 unspecified atom stereocenters. The van der Waals surface area contributed by atoms with E-state index in [0.717, 1.165) is 4.88 Å². The zero-order valence-corrected chi connectivity index (χ0v) is 15.2. The Morgan fingerprint density at radius 3 is 2.60 bits per heavy atom. The molecular weight excluding hydrogens is 362 g/mol. The Morgan fingerprint density at radius 2 is 2.00 bits per heavy atom. The lowest BCUT2D eigenvalue weighted by Crippen LogP contribution is -2.32. The Balaban J connectivity index is 1.98. The van der Waals surface area contributed by atoms with Crippen LogP contribution in [-0.4, -0.2) is 20.2 Å². The molecule has 0 radical (unpaired) electrons. The molecule has 0 saturated heterocycles. The van der Waals surface area contributed by atoms with Crippen molar-refractivity contribution in [3.8, 4) is 0 Å². The summed E-state index contributed by atoms with van der Waals surface area (Å²) in [5.41, 5.74) is 0.618. The summed E-state index contributed by atoms with van der Waals surface area (Å²) in [7, 11) is -3.78. The van der Waals surface area contributed by atoms with E-state index in [2.05, 4.69) is 10.6 Å². The van der Waals surface area contributed by atoms with E-state index in [1.165, 1.54) is 30.4 Å². The van der Waals surface area contributed by atoms with Crippen LogP contribution in [-0.2, 0) is 26.2 Å². The lowest BCUT2D eigenvalue weighted by molar-refractivity contribution is -0.122. The first-order valence-electron chi connectivity index (χ1n) is 7.44. The minimum absolute atomic E-state index is 0.00559. The van der Waals surface area contributed by atoms with Crippen molar-refractivity contribution in [1.82, 2.24) is 10.6 Å². The Morgan fingerprint density at radius 1 is 1.24 bits per heavy atom. The average Bonchev–Trinajstić information content (AvgIpc) is 3.06. The van der Waals surface area contributed by atoms with Gasteiger partial charge in [-0.25, -0.2) is 13.6 Å². The van der Waals surface area contributed by atoms with Gasteiger partial charge in [0.15, 0.2) is 0 Å². The summed E-state index contributed by atoms with van der Waals surface area (Å²) in [4.78, 5) is 24.4. The van der Waals surface area contributed by atoms with Gasteiger partial charge < -0.3 is 10.6 Å². The largest absolute Gasteiger partial charge is 0.352 e. The van der Waals surface area contributed by atoms with Crippen molar-refractivity contribution in [3.05, 3.63) is 52.2 Å². The molecule has 4 N–H and O–H groups in total. The van der Waals surface area contributed by atoms with Crippen LogP contribution in [0.25, 0.3) is 0 Å². The number of sulfonamides is 1. The van der Waals surface area contributed by atoms with Gasteiger partial charge in [0.05, 0.1) is 17.4 Å². The Kier molecular flexibility index (Phi) is 6.29. The quantitative estimate of drug-likeness (QED) is 0.669. The molecule has 0 spiro atoms. The van der Waals surface area contributed by atoms with Crippen LogP contribution >= 0.6 is 11.3 Å². The minimum Gasteiger partial charge on any atom is -0.352 e. The van der Waals surface area contributed by atoms with E-state index in [1.54, 1.807) is 12.1 Å². The van der Waals surface area contributed by atoms with Gasteiger partial charge in [-0.3, -0.25) is 9.59 Å². The fraction of sp³-hybridized carbons (Fsp3) is 0.250. The number of hydrogen-bond donors (Lipinski definition) is 3. The number of thiophene rings is 1. The molecule has 7 nitrogen and oxygen atoms in total. The van der Waals surface area contributed by atoms with Crippen molar-refractivity contribution in [1.29, 1.82) is 0 Å². The zero-order chi connectivity index (χ0) is 18.4. The third-order valence-electron chi connectivity index (χ3n) is 3.37. The molecule has 0 fully saturated rings. The minimum atomic E-state index is -3.78. The number of nitrogens with one attached hydrogen (secondary N) is 2. The standard InChI is InChI=1S/C16H19N3O4S2/c1-11(20)19-14(15-6-3-7-24-15)9-16(21)18-10-12-4-2-5-13(8-12)25(17,22)23/h2-8,14H,9-10H2,1H3,(H,18,21)(H,19,20)(H2,17,22,23). The zero-order valence-electron chi connectivity index (χ0n) is 13.6. The summed E-state index contributed by atoms with van der Waals surface area (Å²) >= 11 is 1.46. The highest BCUT2D eigenvalue weighted by molar-refractivity contribution is 7.89. The molecule has 0 bridgehead atoms. The highest BCUT2D eigenvalue weighted by Gasteiger charge is 2.18. The Bertz CT molecular complexity index is 848. The molecule has 9 heteroatoms. The average molecular weight is 381 g/mol. The lowest BCUT2D eigenvalue weighted by Gasteiger charge is -2.16. The van der Waals surface area contributed by atoms with Crippen molar-refractivity contribution in [3.63, 3.8) is 0 Å². The summed E-state index contributed by atoms with van der Waals surface area (Å²) in [6.45, 7) is 1.57. The molecule has 0 saturated carbocycles. The van der Waals surface area contributed by atoms with Gasteiger partial charge in [0.25, 0.3) is 0 Å². The summed E-state index contributed by atoms with van der Waals surface area (Å²) in [6, 6.07) is 9.38. The van der Waals surface area contributed by atoms with E-state index in [9.17, 15) is 18.0 Å². The molecule has 134 valence electrons. The van der Waals surface area contributed by atoms with Gasteiger partial charge in [-0.15, -0.1) is 11.3 Å². The number of hydrogen-bond acceptors (Lipinski definition) is 5. The van der Waals surface area contributed by atoms with Gasteiger partial charge in [0.1, 0.15) is 0 Å². The number of benzene rings is 1. The number of primary sulfonamides is 1. The van der Waals surface area contributed by atoms with Crippen LogP contribution < -0.4 is 15.8 Å². The first kappa shape index (κ1) is 19.1. The van der Waals surface area contributed by atoms with Gasteiger partial charge in [-0.05, 0) is 29.1 Å². The molecule has 25 heavy (non-hydrogen) atoms. The fourth-order valence-electron chi connectivity index (χ4n) is 2.25. The molecule has 1 aromatic carbocycles. The second kappa shape index (κ2) is 8.24. The summed E-state index contributed by atoms with van der Waals surface area (Å²) in [6.07, 6.45) is 0.0922. The van der Waals surface area contributed by atoms with Crippen molar-refractivity contribution >= 4 is 33.2 Å². The van der Waals surface area contributed by atoms with Crippen LogP contribution in [0.3, 0.4) is 0 Å². The fourth-order valence-corrected chi connectivity index (χ4v) is 3.61. The highest BCUT2D eigenvalue weighted by atomic mass is 32.2. The Labute approximate surface area is 150 Å². The Hall–Kier alpha value is -2.23. The molecule has 1 heterocycles. The van der Waals surface area contributed by atoms with Crippen LogP contribution in [0.1, 0.15) is 29.8 Å². The highest BCUT2D eigenvalue weighted by Crippen LogP contribution is 2.22. The van der Waals surface area contributed by atoms with Gasteiger partial charge >= 0.3 is 0 Å². The van der Waals surface area contributed by atoms with Crippen LogP contribution in [0.4, 0.5) is 0 Å². The van der Waals surface area contributed by atoms with Crippen LogP contribution in [0, 0.1) is 0 Å². The van der Waals surface area contributed by atoms with Gasteiger partial charge in [0.2, 0.25) is 21.8 Å². The van der Waals surface area contributed by atoms with E-state index in [1.807, 2.05) is 17.5 Å². The predicted octanol–water partition coefficient (Wildman–Crippen LogP) is 1.28. The molecule has 2 amide bonds. The maximum absolute atomic E-state index is 12.2. The van der Waals surface area contributed by atoms with E-state index >= 15 is 0 Å². The van der Waals surface area contributed by atoms with Gasteiger partial charge in [-0.1, -0.05) is 18.2 Å². The van der Waals surface area contributed by atoms with Crippen molar-refractivity contribution < 1.29 is 18.0 Å². The van der Waals surface area contributed by atoms with E-state index in [-0.39, 0.29) is 29.7 Å². The van der Waals surface area contributed by atoms with Crippen LogP contribution in [0.15, 0.2) is 46.7 Å². The number of carbonyl (C=O) groups is 2. The molecule has 0 aliphatic carbocycles. The van der Waals surface area contributed by atoms with Crippen molar-refractivity contribution in [2.24, 2.45) is 5.14 Å². The van der Waals surface area contributed by atoms with Gasteiger partial charge in [-0.2, -0.15) is 0 Å². The first-order valence-corrected chi connectivity index (χ1v) is 9.87. The molecule has 2 aromatic rings. The molecule has 1 atom stereocenters. The van der Waals surface area contributed by atoms with Crippen LogP contribution in [0.5, 0.6) is 0 Å². The first-order chi connectivity index (χ1) is 11.8. The second-order valence-corrected chi connectivity index (χ2v) is 7.98. The molecule has 0 aliphatic heterocycles. The van der Waals surface area contributed by atoms with E-state index < -0.39 is 16.1 Å². The van der Waals surface area contributed by atoms with E-state index in [4.69, 9.17) is 5.14 Å². The third-order valence-corrected chi connectivity index (χ3v) is 5.27. The maximum atomic E-state index is 12.2. The van der Waals surface area contributed by atoms with Crippen molar-refractivity contribution in [2.45, 2.75) is 30.8 Å². The smallest absolute Gasteiger partial charge is 0.238 e. The van der Waals surface area contributed by atoms with Gasteiger partial charge in [0, 0.05) is 18.3 Å². The number of carbonyl (C=O) groups excluding carboxylic acids is 2. The predicted molar refractivity (Wildman–Crippen MR) is 95.2 cm³/mol. The summed E-state index contributed by atoms with van der Waals surface area (Å²) < 4.78 is 22.7. The normalized spacial score (nSPS) is 12.4. The molecule has 2 rings (SSSR count). The SMILES string of the molecule is CC(=O)NC(CC(=O)NCc1cccc(S(N)(=O)=O)c1)c1cccs1. The van der Waals surface area contributed by atoms with Crippen molar-refractivity contribution in [2.75, 3.05) is 0 Å². The maximum Gasteiger partial charge on any atom is 0.238 e. The summed E-state index contributed by atoms with van der Waals surface area (Å²) in [5, 5.41) is 12.4. The topological polar surface area (TPSA) is 118 Å². The number of nitrogens with two attached hydrogens (primary N) is 1. The van der Waals surface area contributed by atoms with Crippen LogP contribution in [0.2, 0.25) is 0 Å². The third kappa shape index (κ3) is 5.96. The molecule has 0 aliphatic rings. The lowest BCUT2D eigenvalue weighted by atomic mass is 10.1. The second-order valence-electron chi connectivity index (χ2n) is 5.44. The molecule has 1 aromatic heterocycles. The van der Waals surface area contributed by atoms with E-state index in [0.29, 0.717) is 5.56 Å². The number of amides is 2. The summed E-state index contributed by atoms with van der Waals surface area (Å²) in [5.74, 6) is -0.472. The monoisotopic (exact) mass is 381 g/mol. The molecular formula is C16H19N3O4S2. The number of rotatable bonds is 7.